The zero-order valence-electron chi connectivity index (χ0n) is 7.71. The van der Waals surface area contributed by atoms with Crippen LogP contribution in [0.3, 0.4) is 0 Å². The first-order chi connectivity index (χ1) is 5.93. The Kier molecular flexibility index (Phi) is 5.96. The average Bonchev–Trinajstić information content (AvgIpc) is 2.00. The number of aliphatic imine (C=N–C) groups is 1. The first kappa shape index (κ1) is 10.5. The van der Waals surface area contributed by atoms with Gasteiger partial charge in [0.25, 0.3) is 0 Å². The molecule has 0 spiro atoms. The van der Waals surface area contributed by atoms with E-state index in [9.17, 15) is 0 Å². The third-order valence-electron chi connectivity index (χ3n) is 1.87. The number of thioether (sulfide) groups is 2. The molecule has 0 saturated carbocycles. The number of unbranched alkanes of at least 4 members (excludes halogenated alkanes) is 4. The van der Waals surface area contributed by atoms with Gasteiger partial charge in [0.1, 0.15) is 4.38 Å². The zero-order chi connectivity index (χ0) is 8.65. The van der Waals surface area contributed by atoms with Crippen LogP contribution in [0.2, 0.25) is 0 Å². The predicted molar refractivity (Wildman–Crippen MR) is 61.1 cm³/mol. The van der Waals surface area contributed by atoms with E-state index >= 15 is 0 Å². The summed E-state index contributed by atoms with van der Waals surface area (Å²) >= 11 is 3.77. The molecule has 0 N–H and O–H groups in total. The van der Waals surface area contributed by atoms with Crippen LogP contribution < -0.4 is 0 Å². The third-order valence-corrected chi connectivity index (χ3v) is 4.27. The molecule has 1 aliphatic heterocycles. The Morgan fingerprint density at radius 2 is 1.92 bits per heavy atom. The SMILES string of the molecule is CCCCCCCN=C1SCS1. The molecule has 0 aliphatic carbocycles. The maximum Gasteiger partial charge on any atom is 0.126 e. The zero-order valence-corrected chi connectivity index (χ0v) is 9.35. The number of rotatable bonds is 6. The van der Waals surface area contributed by atoms with Crippen molar-refractivity contribution >= 4 is 27.9 Å². The van der Waals surface area contributed by atoms with Gasteiger partial charge in [-0.15, -0.1) is 0 Å². The highest BCUT2D eigenvalue weighted by molar-refractivity contribution is 8.52. The minimum Gasteiger partial charge on any atom is -0.272 e. The molecule has 1 fully saturated rings. The Bertz CT molecular complexity index is 139. The molecule has 0 bridgehead atoms. The lowest BCUT2D eigenvalue weighted by molar-refractivity contribution is 0.639. The summed E-state index contributed by atoms with van der Waals surface area (Å²) < 4.78 is 1.31. The van der Waals surface area contributed by atoms with E-state index in [1.807, 2.05) is 23.5 Å². The highest BCUT2D eigenvalue weighted by Crippen LogP contribution is 2.32. The van der Waals surface area contributed by atoms with Crippen LogP contribution in [0.15, 0.2) is 4.99 Å². The first-order valence-corrected chi connectivity index (χ1v) is 6.70. The van der Waals surface area contributed by atoms with Gasteiger partial charge in [0.05, 0.1) is 5.08 Å². The lowest BCUT2D eigenvalue weighted by Crippen LogP contribution is -1.99. The average molecular weight is 203 g/mol. The van der Waals surface area contributed by atoms with Crippen LogP contribution in [-0.2, 0) is 0 Å². The van der Waals surface area contributed by atoms with Crippen LogP contribution in [0, 0.1) is 0 Å². The highest BCUT2D eigenvalue weighted by Gasteiger charge is 2.10. The van der Waals surface area contributed by atoms with E-state index in [0.29, 0.717) is 0 Å². The largest absolute Gasteiger partial charge is 0.272 e. The van der Waals surface area contributed by atoms with E-state index in [2.05, 4.69) is 11.9 Å². The van der Waals surface area contributed by atoms with Gasteiger partial charge < -0.3 is 0 Å². The van der Waals surface area contributed by atoms with Crippen LogP contribution in [0.25, 0.3) is 0 Å². The van der Waals surface area contributed by atoms with Crippen molar-refractivity contribution in [2.75, 3.05) is 11.6 Å². The molecule has 1 saturated heterocycles. The lowest BCUT2D eigenvalue weighted by Gasteiger charge is -2.12. The quantitative estimate of drug-likeness (QED) is 0.610. The molecular weight excluding hydrogens is 186 g/mol. The molecule has 0 atom stereocenters. The maximum absolute atomic E-state index is 4.47. The Morgan fingerprint density at radius 3 is 2.50 bits per heavy atom. The van der Waals surface area contributed by atoms with Crippen LogP contribution in [0.1, 0.15) is 39.0 Å². The Hall–Kier alpha value is 0.370. The van der Waals surface area contributed by atoms with Gasteiger partial charge in [-0.25, -0.2) is 0 Å². The van der Waals surface area contributed by atoms with Crippen molar-refractivity contribution in [3.63, 3.8) is 0 Å². The second-order valence-electron chi connectivity index (χ2n) is 2.97. The second-order valence-corrected chi connectivity index (χ2v) is 5.52. The van der Waals surface area contributed by atoms with Crippen molar-refractivity contribution in [2.24, 2.45) is 4.99 Å². The lowest BCUT2D eigenvalue weighted by atomic mass is 10.2. The molecule has 1 aliphatic rings. The van der Waals surface area contributed by atoms with Gasteiger partial charge >= 0.3 is 0 Å². The Labute approximate surface area is 83.8 Å². The smallest absolute Gasteiger partial charge is 0.126 e. The molecule has 0 unspecified atom stereocenters. The predicted octanol–water partition coefficient (Wildman–Crippen LogP) is 3.75. The van der Waals surface area contributed by atoms with Crippen LogP contribution >= 0.6 is 23.5 Å². The summed E-state index contributed by atoms with van der Waals surface area (Å²) in [6, 6.07) is 0. The summed E-state index contributed by atoms with van der Waals surface area (Å²) in [5, 5.41) is 1.22. The van der Waals surface area contributed by atoms with Crippen molar-refractivity contribution in [1.82, 2.24) is 0 Å². The summed E-state index contributed by atoms with van der Waals surface area (Å²) in [7, 11) is 0. The van der Waals surface area contributed by atoms with Crippen LogP contribution in [0.4, 0.5) is 0 Å². The van der Waals surface area contributed by atoms with Gasteiger partial charge in [-0.1, -0.05) is 56.1 Å². The molecule has 1 nitrogen and oxygen atoms in total. The molecule has 1 heterocycles. The Morgan fingerprint density at radius 1 is 1.17 bits per heavy atom. The fourth-order valence-electron chi connectivity index (χ4n) is 1.09. The van der Waals surface area contributed by atoms with Crippen molar-refractivity contribution in [2.45, 2.75) is 39.0 Å². The van der Waals surface area contributed by atoms with E-state index in [1.54, 1.807) is 0 Å². The van der Waals surface area contributed by atoms with Crippen molar-refractivity contribution in [3.05, 3.63) is 0 Å². The third kappa shape index (κ3) is 4.41. The molecule has 70 valence electrons. The molecule has 12 heavy (non-hydrogen) atoms. The van der Waals surface area contributed by atoms with Gasteiger partial charge in [-0.3, -0.25) is 4.99 Å². The monoisotopic (exact) mass is 203 g/mol. The van der Waals surface area contributed by atoms with E-state index in [1.165, 1.54) is 41.6 Å². The summed E-state index contributed by atoms with van der Waals surface area (Å²) in [6.45, 7) is 3.31. The molecule has 1 rings (SSSR count). The fraction of sp³-hybridized carbons (Fsp3) is 0.889. The summed E-state index contributed by atoms with van der Waals surface area (Å²) in [5.74, 6) is 0. The van der Waals surface area contributed by atoms with Crippen LogP contribution in [-0.4, -0.2) is 16.0 Å². The maximum atomic E-state index is 4.47. The van der Waals surface area contributed by atoms with Gasteiger partial charge in [0.2, 0.25) is 0 Å². The topological polar surface area (TPSA) is 12.4 Å². The standard InChI is InChI=1S/C9H17NS2/c1-2-3-4-5-6-7-10-9-11-8-12-9/h2-8H2,1H3. The van der Waals surface area contributed by atoms with E-state index < -0.39 is 0 Å². The second kappa shape index (κ2) is 6.84. The first-order valence-electron chi connectivity index (χ1n) is 4.73. The highest BCUT2D eigenvalue weighted by atomic mass is 32.3. The van der Waals surface area contributed by atoms with Gasteiger partial charge in [0, 0.05) is 6.54 Å². The fourth-order valence-corrected chi connectivity index (χ4v) is 2.35. The summed E-state index contributed by atoms with van der Waals surface area (Å²) in [4.78, 5) is 4.47. The van der Waals surface area contributed by atoms with Crippen molar-refractivity contribution in [3.8, 4) is 0 Å². The minimum atomic E-state index is 1.05. The van der Waals surface area contributed by atoms with E-state index in [-0.39, 0.29) is 0 Å². The van der Waals surface area contributed by atoms with Crippen LogP contribution in [0.5, 0.6) is 0 Å². The molecule has 0 amide bonds. The minimum absolute atomic E-state index is 1.05. The summed E-state index contributed by atoms with van der Waals surface area (Å²) in [6.07, 6.45) is 6.76. The number of hydrogen-bond acceptors (Lipinski definition) is 3. The Balaban J connectivity index is 1.82. The van der Waals surface area contributed by atoms with Crippen molar-refractivity contribution in [1.29, 1.82) is 0 Å². The number of hydrogen-bond donors (Lipinski definition) is 0. The molecule has 0 aromatic heterocycles. The molecule has 0 aromatic rings. The normalized spacial score (nSPS) is 15.9. The van der Waals surface area contributed by atoms with Gasteiger partial charge in [-0.2, -0.15) is 0 Å². The molecule has 3 heteroatoms. The molecule has 0 radical (unpaired) electrons. The number of nitrogens with zero attached hydrogens (tertiary/aromatic N) is 1. The van der Waals surface area contributed by atoms with Crippen molar-refractivity contribution < 1.29 is 0 Å². The molecular formula is C9H17NS2. The van der Waals surface area contributed by atoms with E-state index in [4.69, 9.17) is 0 Å². The van der Waals surface area contributed by atoms with E-state index in [0.717, 1.165) is 6.54 Å². The van der Waals surface area contributed by atoms with Gasteiger partial charge in [0.15, 0.2) is 0 Å². The van der Waals surface area contributed by atoms with Gasteiger partial charge in [-0.05, 0) is 6.42 Å². The molecule has 0 aromatic carbocycles. The summed E-state index contributed by atoms with van der Waals surface area (Å²) in [5.41, 5.74) is 0.